The molecule has 1 heterocycles. The number of aromatic nitrogens is 1. The van der Waals surface area contributed by atoms with Crippen LogP contribution in [0.5, 0.6) is 0 Å². The Hall–Kier alpha value is -1.04. The molecular weight excluding hydrogens is 272 g/mol. The molecule has 0 radical (unpaired) electrons. The quantitative estimate of drug-likeness (QED) is 0.630. The molecule has 0 aliphatic rings. The van der Waals surface area contributed by atoms with Crippen molar-refractivity contribution in [1.29, 1.82) is 0 Å². The number of pyridine rings is 1. The van der Waals surface area contributed by atoms with E-state index in [1.54, 1.807) is 0 Å². The summed E-state index contributed by atoms with van der Waals surface area (Å²) in [5.41, 5.74) is -0.0402. The van der Waals surface area contributed by atoms with Crippen LogP contribution in [0.3, 0.4) is 0 Å². The third kappa shape index (κ3) is 2.95. The summed E-state index contributed by atoms with van der Waals surface area (Å²) in [6.45, 7) is 0. The smallest absolute Gasteiger partial charge is 0.310 e. The maximum atomic E-state index is 12.6. The molecule has 0 aliphatic heterocycles. The minimum Gasteiger partial charge on any atom is -0.469 e. The van der Waals surface area contributed by atoms with Crippen LogP contribution in [0.15, 0.2) is 16.9 Å². The minimum absolute atomic E-state index is 0.166. The normalized spacial score (nSPS) is 10.5. The zero-order chi connectivity index (χ0) is 11.4. The van der Waals surface area contributed by atoms with Crippen LogP contribution in [-0.2, 0) is 16.0 Å². The van der Waals surface area contributed by atoms with Crippen LogP contribution < -0.4 is 0 Å². The number of halogens is 3. The van der Waals surface area contributed by atoms with Crippen LogP contribution in [0.1, 0.15) is 17.6 Å². The number of nitrogens with zero attached hydrogens (tertiary/aromatic N) is 1. The van der Waals surface area contributed by atoms with Gasteiger partial charge >= 0.3 is 5.97 Å². The first-order valence-corrected chi connectivity index (χ1v) is 4.83. The molecule has 6 heteroatoms. The van der Waals surface area contributed by atoms with E-state index in [0.717, 1.165) is 0 Å². The van der Waals surface area contributed by atoms with Gasteiger partial charge in [-0.05, 0) is 22.0 Å². The Morgan fingerprint density at radius 3 is 2.87 bits per heavy atom. The van der Waals surface area contributed by atoms with Gasteiger partial charge in [0.1, 0.15) is 4.60 Å². The first kappa shape index (κ1) is 12.0. The molecule has 1 aromatic rings. The lowest BCUT2D eigenvalue weighted by atomic mass is 10.1. The predicted octanol–water partition coefficient (Wildman–Crippen LogP) is 2.50. The largest absolute Gasteiger partial charge is 0.469 e. The Morgan fingerprint density at radius 2 is 2.33 bits per heavy atom. The minimum atomic E-state index is -2.64. The number of methoxy groups -OCH3 is 1. The average Bonchev–Trinajstić information content (AvgIpc) is 2.20. The molecule has 15 heavy (non-hydrogen) atoms. The molecule has 0 saturated carbocycles. The van der Waals surface area contributed by atoms with Crippen molar-refractivity contribution >= 4 is 21.9 Å². The standard InChI is InChI=1S/C9H8BrF2NO2/c1-15-7(14)4-6-5(9(11)12)2-3-13-8(6)10/h2-3,9H,4H2,1H3. The summed E-state index contributed by atoms with van der Waals surface area (Å²) in [6.07, 6.45) is -1.60. The Bertz CT molecular complexity index is 371. The summed E-state index contributed by atoms with van der Waals surface area (Å²) >= 11 is 3.02. The van der Waals surface area contributed by atoms with Crippen molar-refractivity contribution in [2.75, 3.05) is 7.11 Å². The number of rotatable bonds is 3. The van der Waals surface area contributed by atoms with Crippen LogP contribution in [0.2, 0.25) is 0 Å². The zero-order valence-electron chi connectivity index (χ0n) is 7.84. The van der Waals surface area contributed by atoms with Gasteiger partial charge in [0.15, 0.2) is 0 Å². The highest BCUT2D eigenvalue weighted by molar-refractivity contribution is 9.10. The fourth-order valence-corrected chi connectivity index (χ4v) is 1.56. The lowest BCUT2D eigenvalue weighted by molar-refractivity contribution is -0.139. The molecule has 0 saturated heterocycles. The third-order valence-corrected chi connectivity index (χ3v) is 2.51. The lowest BCUT2D eigenvalue weighted by Gasteiger charge is -2.08. The number of carbonyl (C=O) groups is 1. The summed E-state index contributed by atoms with van der Waals surface area (Å²) in [5, 5.41) is 0. The van der Waals surface area contributed by atoms with Gasteiger partial charge in [0.2, 0.25) is 0 Å². The van der Waals surface area contributed by atoms with Gasteiger partial charge in [-0.15, -0.1) is 0 Å². The van der Waals surface area contributed by atoms with E-state index in [2.05, 4.69) is 25.7 Å². The molecule has 0 unspecified atom stereocenters. The highest BCUT2D eigenvalue weighted by Crippen LogP contribution is 2.27. The Kier molecular flexibility index (Phi) is 4.14. The van der Waals surface area contributed by atoms with Crippen molar-refractivity contribution in [3.63, 3.8) is 0 Å². The number of hydrogen-bond donors (Lipinski definition) is 0. The average molecular weight is 280 g/mol. The summed E-state index contributed by atoms with van der Waals surface area (Å²) in [7, 11) is 1.20. The number of esters is 1. The highest BCUT2D eigenvalue weighted by Gasteiger charge is 2.18. The van der Waals surface area contributed by atoms with E-state index in [4.69, 9.17) is 0 Å². The third-order valence-electron chi connectivity index (χ3n) is 1.82. The SMILES string of the molecule is COC(=O)Cc1c(C(F)F)ccnc1Br. The predicted molar refractivity (Wildman–Crippen MR) is 52.6 cm³/mol. The summed E-state index contributed by atoms with van der Waals surface area (Å²) in [6, 6.07) is 1.19. The summed E-state index contributed by atoms with van der Waals surface area (Å²) < 4.78 is 29.8. The van der Waals surface area contributed by atoms with Gasteiger partial charge < -0.3 is 4.74 Å². The molecule has 0 atom stereocenters. The van der Waals surface area contributed by atoms with E-state index in [1.165, 1.54) is 19.4 Å². The molecular formula is C9H8BrF2NO2. The van der Waals surface area contributed by atoms with E-state index in [1.807, 2.05) is 0 Å². The molecule has 1 aromatic heterocycles. The fraction of sp³-hybridized carbons (Fsp3) is 0.333. The van der Waals surface area contributed by atoms with Gasteiger partial charge in [0.25, 0.3) is 6.43 Å². The van der Waals surface area contributed by atoms with E-state index in [0.29, 0.717) is 0 Å². The highest BCUT2D eigenvalue weighted by atomic mass is 79.9. The van der Waals surface area contributed by atoms with Crippen molar-refractivity contribution in [2.24, 2.45) is 0 Å². The van der Waals surface area contributed by atoms with Crippen LogP contribution >= 0.6 is 15.9 Å². The Labute approximate surface area is 93.6 Å². The molecule has 0 spiro atoms. The van der Waals surface area contributed by atoms with Crippen LogP contribution in [-0.4, -0.2) is 18.1 Å². The topological polar surface area (TPSA) is 39.2 Å². The molecule has 0 N–H and O–H groups in total. The van der Waals surface area contributed by atoms with Crippen molar-refractivity contribution < 1.29 is 18.3 Å². The van der Waals surface area contributed by atoms with E-state index in [9.17, 15) is 13.6 Å². The summed E-state index contributed by atoms with van der Waals surface area (Å²) in [5.74, 6) is -0.578. The molecule has 0 aromatic carbocycles. The fourth-order valence-electron chi connectivity index (χ4n) is 1.08. The molecule has 3 nitrogen and oxygen atoms in total. The maximum absolute atomic E-state index is 12.6. The second-order valence-electron chi connectivity index (χ2n) is 2.72. The molecule has 82 valence electrons. The van der Waals surface area contributed by atoms with Gasteiger partial charge in [-0.2, -0.15) is 0 Å². The van der Waals surface area contributed by atoms with Gasteiger partial charge in [-0.3, -0.25) is 4.79 Å². The molecule has 0 fully saturated rings. The van der Waals surface area contributed by atoms with Crippen molar-refractivity contribution in [1.82, 2.24) is 4.98 Å². The number of carbonyl (C=O) groups excluding carboxylic acids is 1. The van der Waals surface area contributed by atoms with Crippen molar-refractivity contribution in [3.8, 4) is 0 Å². The lowest BCUT2D eigenvalue weighted by Crippen LogP contribution is -2.08. The Morgan fingerprint density at radius 1 is 1.67 bits per heavy atom. The van der Waals surface area contributed by atoms with E-state index >= 15 is 0 Å². The first-order chi connectivity index (χ1) is 7.06. The van der Waals surface area contributed by atoms with Crippen LogP contribution in [0.4, 0.5) is 8.78 Å². The number of ether oxygens (including phenoxy) is 1. The van der Waals surface area contributed by atoms with E-state index in [-0.39, 0.29) is 22.2 Å². The van der Waals surface area contributed by atoms with Gasteiger partial charge in [0.05, 0.1) is 13.5 Å². The van der Waals surface area contributed by atoms with Gasteiger partial charge in [-0.1, -0.05) is 0 Å². The second-order valence-corrected chi connectivity index (χ2v) is 3.47. The second kappa shape index (κ2) is 5.16. The van der Waals surface area contributed by atoms with Crippen molar-refractivity contribution in [3.05, 3.63) is 28.0 Å². The molecule has 0 bridgehead atoms. The van der Waals surface area contributed by atoms with Crippen molar-refractivity contribution in [2.45, 2.75) is 12.8 Å². The van der Waals surface area contributed by atoms with Crippen LogP contribution in [0.25, 0.3) is 0 Å². The van der Waals surface area contributed by atoms with Crippen LogP contribution in [0, 0.1) is 0 Å². The summed E-state index contributed by atoms with van der Waals surface area (Å²) in [4.78, 5) is 14.8. The zero-order valence-corrected chi connectivity index (χ0v) is 9.42. The number of alkyl halides is 2. The van der Waals surface area contributed by atoms with E-state index < -0.39 is 12.4 Å². The number of hydrogen-bond acceptors (Lipinski definition) is 3. The molecule has 0 aliphatic carbocycles. The first-order valence-electron chi connectivity index (χ1n) is 4.04. The molecule has 1 rings (SSSR count). The van der Waals surface area contributed by atoms with Gasteiger partial charge in [-0.25, -0.2) is 13.8 Å². The Balaban J connectivity index is 3.07. The maximum Gasteiger partial charge on any atom is 0.310 e. The molecule has 0 amide bonds. The monoisotopic (exact) mass is 279 g/mol. The van der Waals surface area contributed by atoms with Gasteiger partial charge in [0, 0.05) is 17.3 Å².